The third-order valence-corrected chi connectivity index (χ3v) is 2.48. The molecule has 0 unspecified atom stereocenters. The molecular weight excluding hydrogens is 235 g/mol. The monoisotopic (exact) mass is 244 g/mol. The van der Waals surface area contributed by atoms with Crippen LogP contribution in [0.3, 0.4) is 0 Å². The number of nitrogens with one attached hydrogen (secondary N) is 2. The molecule has 0 saturated carbocycles. The number of aromatic nitrogens is 2. The Morgan fingerprint density at radius 1 is 1.56 bits per heavy atom. The third-order valence-electron chi connectivity index (χ3n) is 2.48. The summed E-state index contributed by atoms with van der Waals surface area (Å²) in [5, 5.41) is 17.4. The Bertz CT molecular complexity index is 628. The van der Waals surface area contributed by atoms with Gasteiger partial charge in [-0.15, -0.1) is 0 Å². The predicted molar refractivity (Wildman–Crippen MR) is 62.4 cm³/mol. The van der Waals surface area contributed by atoms with E-state index in [1.165, 1.54) is 25.4 Å². The van der Waals surface area contributed by atoms with Gasteiger partial charge in [0, 0.05) is 17.4 Å². The summed E-state index contributed by atoms with van der Waals surface area (Å²) in [6.45, 7) is 1.53. The van der Waals surface area contributed by atoms with Gasteiger partial charge in [-0.05, 0) is 19.1 Å². The van der Waals surface area contributed by atoms with Crippen LogP contribution in [0.15, 0.2) is 24.5 Å². The molecule has 5 nitrogen and oxygen atoms in total. The molecule has 0 radical (unpaired) electrons. The van der Waals surface area contributed by atoms with E-state index in [0.717, 1.165) is 6.07 Å². The Hall–Kier alpha value is -2.68. The quantitative estimate of drug-likeness (QED) is 0.847. The van der Waals surface area contributed by atoms with E-state index in [2.05, 4.69) is 15.5 Å². The number of nitrogens with zero attached hydrogens (tertiary/aromatic N) is 2. The predicted octanol–water partition coefficient (Wildman–Crippen LogP) is 1.98. The van der Waals surface area contributed by atoms with E-state index in [-0.39, 0.29) is 16.8 Å². The molecule has 0 saturated heterocycles. The molecule has 2 rings (SSSR count). The van der Waals surface area contributed by atoms with Crippen LogP contribution >= 0.6 is 0 Å². The molecule has 1 heterocycles. The van der Waals surface area contributed by atoms with E-state index in [9.17, 15) is 9.18 Å². The molecule has 0 atom stereocenters. The van der Waals surface area contributed by atoms with Crippen molar-refractivity contribution in [3.8, 4) is 6.07 Å². The van der Waals surface area contributed by atoms with Crippen molar-refractivity contribution < 1.29 is 9.18 Å². The molecule has 0 bridgehead atoms. The lowest BCUT2D eigenvalue weighted by Crippen LogP contribution is -2.12. The van der Waals surface area contributed by atoms with Gasteiger partial charge in [-0.1, -0.05) is 0 Å². The van der Waals surface area contributed by atoms with E-state index in [1.807, 2.05) is 6.07 Å². The van der Waals surface area contributed by atoms with Gasteiger partial charge in [0.1, 0.15) is 5.82 Å². The van der Waals surface area contributed by atoms with E-state index in [1.54, 1.807) is 0 Å². The number of hydrogen-bond acceptors (Lipinski definition) is 3. The molecule has 0 fully saturated rings. The van der Waals surface area contributed by atoms with Gasteiger partial charge in [0.2, 0.25) is 0 Å². The molecule has 0 spiro atoms. The van der Waals surface area contributed by atoms with Gasteiger partial charge in [0.05, 0.1) is 23.4 Å². The van der Waals surface area contributed by atoms with Crippen LogP contribution in [0.1, 0.15) is 21.5 Å². The minimum atomic E-state index is -0.531. The van der Waals surface area contributed by atoms with E-state index in [0.29, 0.717) is 5.56 Å². The number of anilines is 1. The van der Waals surface area contributed by atoms with E-state index >= 15 is 0 Å². The topological polar surface area (TPSA) is 81.6 Å². The smallest absolute Gasteiger partial charge is 0.258 e. The largest absolute Gasteiger partial charge is 0.321 e. The fourth-order valence-electron chi connectivity index (χ4n) is 1.44. The fraction of sp³-hybridized carbons (Fsp3) is 0.0833. The van der Waals surface area contributed by atoms with E-state index in [4.69, 9.17) is 5.26 Å². The number of nitriles is 1. The summed E-state index contributed by atoms with van der Waals surface area (Å²) in [6.07, 6.45) is 2.78. The third kappa shape index (κ3) is 2.20. The van der Waals surface area contributed by atoms with Crippen molar-refractivity contribution in [3.63, 3.8) is 0 Å². The summed E-state index contributed by atoms with van der Waals surface area (Å²) in [4.78, 5) is 11.8. The van der Waals surface area contributed by atoms with Gasteiger partial charge in [0.15, 0.2) is 0 Å². The summed E-state index contributed by atoms with van der Waals surface area (Å²) in [5.74, 6) is -0.946. The summed E-state index contributed by atoms with van der Waals surface area (Å²) in [6, 6.07) is 4.39. The minimum Gasteiger partial charge on any atom is -0.321 e. The number of rotatable bonds is 2. The van der Waals surface area contributed by atoms with Gasteiger partial charge in [-0.3, -0.25) is 9.89 Å². The molecule has 2 N–H and O–H groups in total. The van der Waals surface area contributed by atoms with Crippen molar-refractivity contribution in [2.24, 2.45) is 0 Å². The Labute approximate surface area is 102 Å². The van der Waals surface area contributed by atoms with Crippen LogP contribution in [-0.2, 0) is 0 Å². The SMILES string of the molecule is Cc1c(F)cc(C#N)cc1NC(=O)c1cn[nH]c1. The molecular formula is C12H9FN4O. The maximum Gasteiger partial charge on any atom is 0.258 e. The van der Waals surface area contributed by atoms with Crippen molar-refractivity contribution in [3.05, 3.63) is 47.0 Å². The van der Waals surface area contributed by atoms with Crippen LogP contribution in [0.4, 0.5) is 10.1 Å². The zero-order valence-electron chi connectivity index (χ0n) is 9.49. The highest BCUT2D eigenvalue weighted by Crippen LogP contribution is 2.21. The van der Waals surface area contributed by atoms with E-state index < -0.39 is 11.7 Å². The highest BCUT2D eigenvalue weighted by molar-refractivity contribution is 6.04. The second-order valence-electron chi connectivity index (χ2n) is 3.68. The molecule has 2 aromatic rings. The average Bonchev–Trinajstić information content (AvgIpc) is 2.88. The highest BCUT2D eigenvalue weighted by atomic mass is 19.1. The maximum absolute atomic E-state index is 13.5. The normalized spacial score (nSPS) is 9.83. The van der Waals surface area contributed by atoms with Crippen LogP contribution in [0.2, 0.25) is 0 Å². The maximum atomic E-state index is 13.5. The lowest BCUT2D eigenvalue weighted by molar-refractivity contribution is 0.102. The van der Waals surface area contributed by atoms with Gasteiger partial charge < -0.3 is 5.32 Å². The fourth-order valence-corrected chi connectivity index (χ4v) is 1.44. The van der Waals surface area contributed by atoms with Crippen molar-refractivity contribution >= 4 is 11.6 Å². The number of H-pyrrole nitrogens is 1. The first-order valence-corrected chi connectivity index (χ1v) is 5.12. The second kappa shape index (κ2) is 4.67. The summed E-state index contributed by atoms with van der Waals surface area (Å²) in [5.41, 5.74) is 1.04. The van der Waals surface area contributed by atoms with Crippen molar-refractivity contribution in [1.29, 1.82) is 5.26 Å². The van der Waals surface area contributed by atoms with Crippen molar-refractivity contribution in [2.45, 2.75) is 6.92 Å². The first-order valence-electron chi connectivity index (χ1n) is 5.12. The molecule has 0 aliphatic rings. The summed E-state index contributed by atoms with van der Waals surface area (Å²) >= 11 is 0. The number of halogens is 1. The van der Waals surface area contributed by atoms with Gasteiger partial charge in [0.25, 0.3) is 5.91 Å². The number of carbonyl (C=O) groups excluding carboxylic acids is 1. The zero-order chi connectivity index (χ0) is 13.1. The Kier molecular flexibility index (Phi) is 3.06. The Morgan fingerprint density at radius 3 is 2.94 bits per heavy atom. The molecule has 1 aromatic heterocycles. The number of benzene rings is 1. The van der Waals surface area contributed by atoms with Crippen molar-refractivity contribution in [2.75, 3.05) is 5.32 Å². The molecule has 18 heavy (non-hydrogen) atoms. The molecule has 6 heteroatoms. The van der Waals surface area contributed by atoms with Crippen LogP contribution in [0.25, 0.3) is 0 Å². The molecule has 90 valence electrons. The van der Waals surface area contributed by atoms with Crippen LogP contribution in [-0.4, -0.2) is 16.1 Å². The van der Waals surface area contributed by atoms with Gasteiger partial charge >= 0.3 is 0 Å². The highest BCUT2D eigenvalue weighted by Gasteiger charge is 2.12. The average molecular weight is 244 g/mol. The molecule has 1 aromatic carbocycles. The summed E-state index contributed by atoms with van der Waals surface area (Å²) in [7, 11) is 0. The van der Waals surface area contributed by atoms with Crippen LogP contribution in [0, 0.1) is 24.1 Å². The van der Waals surface area contributed by atoms with Crippen molar-refractivity contribution in [1.82, 2.24) is 10.2 Å². The van der Waals surface area contributed by atoms with Gasteiger partial charge in [-0.25, -0.2) is 4.39 Å². The second-order valence-corrected chi connectivity index (χ2v) is 3.68. The molecule has 0 aliphatic heterocycles. The Morgan fingerprint density at radius 2 is 2.33 bits per heavy atom. The number of aromatic amines is 1. The summed E-state index contributed by atoms with van der Waals surface area (Å²) < 4.78 is 13.5. The van der Waals surface area contributed by atoms with Crippen LogP contribution in [0.5, 0.6) is 0 Å². The van der Waals surface area contributed by atoms with Crippen LogP contribution < -0.4 is 5.32 Å². The lowest BCUT2D eigenvalue weighted by atomic mass is 10.1. The zero-order valence-corrected chi connectivity index (χ0v) is 9.49. The number of carbonyl (C=O) groups is 1. The lowest BCUT2D eigenvalue weighted by Gasteiger charge is -2.08. The Balaban J connectivity index is 2.32. The number of amides is 1. The minimum absolute atomic E-state index is 0.153. The first-order chi connectivity index (χ1) is 8.61. The number of hydrogen-bond donors (Lipinski definition) is 2. The standard InChI is InChI=1S/C12H9FN4O/c1-7-10(13)2-8(4-14)3-11(7)17-12(18)9-5-15-16-6-9/h2-3,5-6H,1H3,(H,15,16)(H,17,18). The first kappa shape index (κ1) is 11.8. The molecule has 0 aliphatic carbocycles. The molecule has 1 amide bonds. The van der Waals surface area contributed by atoms with Gasteiger partial charge in [-0.2, -0.15) is 10.4 Å².